The molecule has 0 saturated carbocycles. The fourth-order valence-electron chi connectivity index (χ4n) is 3.58. The molecule has 2 aliphatic rings. The molecule has 0 amide bonds. The van der Waals surface area contributed by atoms with E-state index in [0.717, 1.165) is 17.9 Å². The van der Waals surface area contributed by atoms with Gasteiger partial charge in [-0.1, -0.05) is 6.07 Å². The molecule has 0 radical (unpaired) electrons. The first-order valence-electron chi connectivity index (χ1n) is 8.48. The highest BCUT2D eigenvalue weighted by Gasteiger charge is 2.39. The SMILES string of the molecule is Cc1cc(=O)nc2n1C[C@@H](C(C)(C)Oc1ccc3c(c1)CCC3)O2. The summed E-state index contributed by atoms with van der Waals surface area (Å²) in [7, 11) is 0. The van der Waals surface area contributed by atoms with E-state index in [1.807, 2.05) is 31.4 Å². The fraction of sp³-hybridized carbons (Fsp3) is 0.474. The minimum Gasteiger partial charge on any atom is -0.484 e. The summed E-state index contributed by atoms with van der Waals surface area (Å²) in [5.41, 5.74) is 2.89. The van der Waals surface area contributed by atoms with Crippen molar-refractivity contribution >= 4 is 0 Å². The number of fused-ring (bicyclic) bond motifs is 2. The van der Waals surface area contributed by atoms with Crippen LogP contribution in [0.15, 0.2) is 29.1 Å². The Bertz CT molecular complexity index is 854. The van der Waals surface area contributed by atoms with Crippen LogP contribution < -0.4 is 15.0 Å². The van der Waals surface area contributed by atoms with E-state index in [1.54, 1.807) is 0 Å². The van der Waals surface area contributed by atoms with E-state index in [2.05, 4.69) is 17.1 Å². The van der Waals surface area contributed by atoms with Gasteiger partial charge in [0.05, 0.1) is 6.54 Å². The Morgan fingerprint density at radius 3 is 2.88 bits per heavy atom. The summed E-state index contributed by atoms with van der Waals surface area (Å²) >= 11 is 0. The van der Waals surface area contributed by atoms with Crippen LogP contribution >= 0.6 is 0 Å². The standard InChI is InChI=1S/C19H22N2O3/c1-12-9-17(22)20-18-21(12)11-16(23-18)19(2,3)24-15-8-7-13-5-4-6-14(13)10-15/h7-10,16H,4-6,11H2,1-3H3/t16-/m0/s1. The van der Waals surface area contributed by atoms with Crippen molar-refractivity contribution < 1.29 is 9.47 Å². The van der Waals surface area contributed by atoms with Crippen LogP contribution in [0.5, 0.6) is 11.8 Å². The number of aryl methyl sites for hydroxylation is 3. The van der Waals surface area contributed by atoms with Crippen molar-refractivity contribution in [3.63, 3.8) is 0 Å². The molecular weight excluding hydrogens is 304 g/mol. The third-order valence-corrected chi connectivity index (χ3v) is 5.02. The van der Waals surface area contributed by atoms with Gasteiger partial charge in [-0.05, 0) is 63.3 Å². The van der Waals surface area contributed by atoms with Crippen LogP contribution in [-0.4, -0.2) is 21.3 Å². The molecule has 1 aromatic carbocycles. The maximum atomic E-state index is 11.6. The summed E-state index contributed by atoms with van der Waals surface area (Å²) in [4.78, 5) is 15.5. The van der Waals surface area contributed by atoms with Gasteiger partial charge in [0.25, 0.3) is 11.6 Å². The van der Waals surface area contributed by atoms with Crippen LogP contribution in [0, 0.1) is 6.92 Å². The Morgan fingerprint density at radius 1 is 1.25 bits per heavy atom. The first-order valence-corrected chi connectivity index (χ1v) is 8.48. The molecule has 1 aromatic heterocycles. The molecule has 1 aliphatic heterocycles. The fourth-order valence-corrected chi connectivity index (χ4v) is 3.58. The highest BCUT2D eigenvalue weighted by Crippen LogP contribution is 2.32. The molecule has 126 valence electrons. The van der Waals surface area contributed by atoms with Crippen molar-refractivity contribution in [3.8, 4) is 11.8 Å². The summed E-state index contributed by atoms with van der Waals surface area (Å²) in [5.74, 6) is 0.874. The molecule has 0 N–H and O–H groups in total. The van der Waals surface area contributed by atoms with Gasteiger partial charge in [-0.2, -0.15) is 4.98 Å². The monoisotopic (exact) mass is 326 g/mol. The van der Waals surface area contributed by atoms with Gasteiger partial charge >= 0.3 is 0 Å². The maximum Gasteiger partial charge on any atom is 0.300 e. The third-order valence-electron chi connectivity index (χ3n) is 5.02. The van der Waals surface area contributed by atoms with Crippen molar-refractivity contribution in [2.24, 2.45) is 0 Å². The first-order chi connectivity index (χ1) is 11.4. The lowest BCUT2D eigenvalue weighted by Gasteiger charge is -2.31. The second kappa shape index (κ2) is 5.36. The van der Waals surface area contributed by atoms with Crippen molar-refractivity contribution in [1.82, 2.24) is 9.55 Å². The second-order valence-electron chi connectivity index (χ2n) is 7.23. The lowest BCUT2D eigenvalue weighted by Crippen LogP contribution is -2.45. The summed E-state index contributed by atoms with van der Waals surface area (Å²) in [5, 5.41) is 0. The molecule has 0 saturated heterocycles. The average molecular weight is 326 g/mol. The maximum absolute atomic E-state index is 11.6. The van der Waals surface area contributed by atoms with Gasteiger partial charge < -0.3 is 9.47 Å². The minimum absolute atomic E-state index is 0.196. The Morgan fingerprint density at radius 2 is 2.04 bits per heavy atom. The van der Waals surface area contributed by atoms with Crippen molar-refractivity contribution in [2.45, 2.75) is 58.3 Å². The largest absolute Gasteiger partial charge is 0.484 e. The molecule has 1 aliphatic carbocycles. The van der Waals surface area contributed by atoms with Crippen LogP contribution in [0.2, 0.25) is 0 Å². The molecule has 2 aromatic rings. The third kappa shape index (κ3) is 2.58. The van der Waals surface area contributed by atoms with Gasteiger partial charge in [0.2, 0.25) is 0 Å². The van der Waals surface area contributed by atoms with Gasteiger partial charge in [0, 0.05) is 11.8 Å². The molecule has 0 unspecified atom stereocenters. The van der Waals surface area contributed by atoms with Crippen LogP contribution in [-0.2, 0) is 19.4 Å². The predicted octanol–water partition coefficient (Wildman–Crippen LogP) is 2.66. The van der Waals surface area contributed by atoms with E-state index in [4.69, 9.17) is 9.47 Å². The molecule has 5 heteroatoms. The molecule has 0 fully saturated rings. The van der Waals surface area contributed by atoms with Crippen molar-refractivity contribution in [2.75, 3.05) is 0 Å². The molecule has 2 heterocycles. The van der Waals surface area contributed by atoms with Gasteiger partial charge in [-0.3, -0.25) is 9.36 Å². The zero-order valence-electron chi connectivity index (χ0n) is 14.3. The van der Waals surface area contributed by atoms with Gasteiger partial charge in [0.15, 0.2) is 6.10 Å². The van der Waals surface area contributed by atoms with E-state index in [0.29, 0.717) is 12.6 Å². The Hall–Kier alpha value is -2.30. The number of ether oxygens (including phenoxy) is 2. The molecular formula is C19H22N2O3. The number of benzene rings is 1. The topological polar surface area (TPSA) is 53.4 Å². The average Bonchev–Trinajstić information content (AvgIpc) is 3.12. The molecule has 5 nitrogen and oxygen atoms in total. The van der Waals surface area contributed by atoms with Crippen molar-refractivity contribution in [1.29, 1.82) is 0 Å². The number of nitrogens with zero attached hydrogens (tertiary/aromatic N) is 2. The van der Waals surface area contributed by atoms with Crippen LogP contribution in [0.3, 0.4) is 0 Å². The van der Waals surface area contributed by atoms with E-state index in [-0.39, 0.29) is 11.7 Å². The number of hydrogen-bond donors (Lipinski definition) is 0. The Labute approximate surface area is 141 Å². The van der Waals surface area contributed by atoms with Crippen molar-refractivity contribution in [3.05, 3.63) is 51.4 Å². The lowest BCUT2D eigenvalue weighted by atomic mass is 10.0. The molecule has 0 spiro atoms. The van der Waals surface area contributed by atoms with Gasteiger partial charge in [-0.25, -0.2) is 0 Å². The zero-order valence-corrected chi connectivity index (χ0v) is 14.3. The number of aromatic nitrogens is 2. The summed E-state index contributed by atoms with van der Waals surface area (Å²) < 4.78 is 14.1. The Balaban J connectivity index is 1.56. The smallest absolute Gasteiger partial charge is 0.300 e. The summed E-state index contributed by atoms with van der Waals surface area (Å²) in [6.45, 7) is 6.56. The second-order valence-corrected chi connectivity index (χ2v) is 7.23. The number of hydrogen-bond acceptors (Lipinski definition) is 4. The van der Waals surface area contributed by atoms with Crippen LogP contribution in [0.4, 0.5) is 0 Å². The predicted molar refractivity (Wildman–Crippen MR) is 90.8 cm³/mol. The van der Waals surface area contributed by atoms with E-state index in [1.165, 1.54) is 30.0 Å². The Kier molecular flexibility index (Phi) is 3.41. The highest BCUT2D eigenvalue weighted by atomic mass is 16.6. The normalized spacial score (nSPS) is 18.9. The molecule has 0 bridgehead atoms. The summed E-state index contributed by atoms with van der Waals surface area (Å²) in [6.07, 6.45) is 3.32. The first kappa shape index (κ1) is 15.2. The number of rotatable bonds is 3. The molecule has 24 heavy (non-hydrogen) atoms. The minimum atomic E-state index is -0.532. The lowest BCUT2D eigenvalue weighted by molar-refractivity contribution is -0.00465. The molecule has 4 rings (SSSR count). The molecule has 1 atom stereocenters. The van der Waals surface area contributed by atoms with E-state index < -0.39 is 5.60 Å². The van der Waals surface area contributed by atoms with Gasteiger partial charge in [-0.15, -0.1) is 0 Å². The zero-order chi connectivity index (χ0) is 16.9. The van der Waals surface area contributed by atoms with E-state index in [9.17, 15) is 4.79 Å². The van der Waals surface area contributed by atoms with Crippen LogP contribution in [0.25, 0.3) is 0 Å². The quantitative estimate of drug-likeness (QED) is 0.870. The van der Waals surface area contributed by atoms with E-state index >= 15 is 0 Å². The van der Waals surface area contributed by atoms with Crippen LogP contribution in [0.1, 0.15) is 37.1 Å². The summed E-state index contributed by atoms with van der Waals surface area (Å²) in [6, 6.07) is 8.28. The highest BCUT2D eigenvalue weighted by molar-refractivity contribution is 5.38. The van der Waals surface area contributed by atoms with Gasteiger partial charge in [0.1, 0.15) is 11.4 Å².